The van der Waals surface area contributed by atoms with Gasteiger partial charge in [-0.15, -0.1) is 0 Å². The highest BCUT2D eigenvalue weighted by Gasteiger charge is 2.78. The van der Waals surface area contributed by atoms with Crippen molar-refractivity contribution in [2.45, 2.75) is 75.0 Å². The molecule has 0 radical (unpaired) electrons. The second-order valence-corrected chi connectivity index (χ2v) is 26.8. The lowest BCUT2D eigenvalue weighted by Crippen LogP contribution is -2.61. The van der Waals surface area contributed by atoms with Crippen LogP contribution < -0.4 is 15.7 Å². The molecule has 5 bridgehead atoms. The minimum Gasteiger partial charge on any atom is -0.456 e. The Morgan fingerprint density at radius 2 is 1.17 bits per heavy atom. The van der Waals surface area contributed by atoms with Crippen molar-refractivity contribution in [3.05, 3.63) is 187 Å². The number of hydrogen-bond acceptors (Lipinski definition) is 2. The Kier molecular flexibility index (Phi) is 6.80. The molecule has 11 aliphatic rings. The fraction of sp³-hybridized carbons (Fsp3) is 0.278. The van der Waals surface area contributed by atoms with E-state index in [1.165, 1.54) is 169 Å². The first-order valence-electron chi connectivity index (χ1n) is 29.1. The van der Waals surface area contributed by atoms with E-state index < -0.39 is 0 Å². The third-order valence-electron chi connectivity index (χ3n) is 24.3. The fourth-order valence-electron chi connectivity index (χ4n) is 21.5. The van der Waals surface area contributed by atoms with Gasteiger partial charge in [0.1, 0.15) is 11.2 Å². The van der Waals surface area contributed by atoms with E-state index >= 15 is 0 Å². The lowest BCUT2D eigenvalue weighted by Gasteiger charge is -2.66. The summed E-state index contributed by atoms with van der Waals surface area (Å²) in [6.07, 6.45) is 14.4. The van der Waals surface area contributed by atoms with Crippen molar-refractivity contribution in [1.29, 1.82) is 0 Å². The van der Waals surface area contributed by atoms with Gasteiger partial charge in [-0.3, -0.25) is 0 Å². The van der Waals surface area contributed by atoms with Gasteiger partial charge in [-0.25, -0.2) is 0 Å². The van der Waals surface area contributed by atoms with E-state index in [1.807, 2.05) is 0 Å². The number of aromatic nitrogens is 1. The third kappa shape index (κ3) is 4.47. The quantitative estimate of drug-likeness (QED) is 0.160. The molecule has 4 heterocycles. The van der Waals surface area contributed by atoms with Crippen molar-refractivity contribution in [3.8, 4) is 39.1 Å². The Morgan fingerprint density at radius 3 is 1.93 bits per heavy atom. The summed E-state index contributed by atoms with van der Waals surface area (Å²) in [5.41, 5.74) is 24.1. The zero-order valence-electron chi connectivity index (χ0n) is 42.7. The largest absolute Gasteiger partial charge is 0.456 e. The van der Waals surface area contributed by atoms with Gasteiger partial charge in [0, 0.05) is 50.2 Å². The Morgan fingerprint density at radius 1 is 0.474 bits per heavy atom. The minimum absolute atomic E-state index is 0.0721. The van der Waals surface area contributed by atoms with Crippen LogP contribution in [0.3, 0.4) is 0 Å². The molecular formula is C72H55BN2O. The highest BCUT2D eigenvalue weighted by atomic mass is 16.3. The molecule has 9 aromatic carbocycles. The Balaban J connectivity index is 0.879. The summed E-state index contributed by atoms with van der Waals surface area (Å²) in [6, 6.07) is 68.7. The predicted molar refractivity (Wildman–Crippen MR) is 311 cm³/mol. The zero-order valence-corrected chi connectivity index (χ0v) is 42.7. The van der Waals surface area contributed by atoms with Gasteiger partial charge in [0.05, 0.1) is 11.0 Å². The van der Waals surface area contributed by atoms with Crippen molar-refractivity contribution >= 4 is 83.7 Å². The molecule has 2 aliphatic heterocycles. The van der Waals surface area contributed by atoms with Crippen LogP contribution in [0, 0.1) is 46.3 Å². The van der Waals surface area contributed by atoms with Crippen LogP contribution in [0.4, 0.5) is 11.4 Å². The zero-order chi connectivity index (χ0) is 48.8. The maximum absolute atomic E-state index is 7.06. The first-order chi connectivity index (χ1) is 37.4. The Bertz CT molecular complexity index is 4480. The lowest BCUT2D eigenvalue weighted by molar-refractivity contribution is -0.175. The molecule has 0 amide bonds. The van der Waals surface area contributed by atoms with Crippen LogP contribution in [-0.2, 0) is 10.8 Å². The van der Waals surface area contributed by atoms with E-state index in [0.29, 0.717) is 16.2 Å². The predicted octanol–water partition coefficient (Wildman–Crippen LogP) is 16.6. The van der Waals surface area contributed by atoms with Gasteiger partial charge in [0.25, 0.3) is 0 Å². The van der Waals surface area contributed by atoms with Gasteiger partial charge >= 0.3 is 6.85 Å². The number of furan rings is 1. The lowest BCUT2D eigenvalue weighted by atomic mass is 9.38. The van der Waals surface area contributed by atoms with E-state index in [-0.39, 0.29) is 12.3 Å². The van der Waals surface area contributed by atoms with Crippen LogP contribution in [0.2, 0.25) is 0 Å². The molecule has 3 nitrogen and oxygen atoms in total. The second-order valence-electron chi connectivity index (χ2n) is 26.8. The molecule has 7 atom stereocenters. The number of anilines is 2. The molecule has 9 saturated carbocycles. The van der Waals surface area contributed by atoms with Gasteiger partial charge < -0.3 is 13.8 Å². The molecule has 2 spiro atoms. The molecule has 9 aliphatic carbocycles. The number of benzene rings is 9. The number of rotatable bonds is 5. The minimum atomic E-state index is -0.0721. The maximum Gasteiger partial charge on any atom is 0.333 e. The van der Waals surface area contributed by atoms with Crippen molar-refractivity contribution in [2.75, 3.05) is 4.81 Å². The van der Waals surface area contributed by atoms with Gasteiger partial charge in [0.15, 0.2) is 0 Å². The van der Waals surface area contributed by atoms with Crippen LogP contribution >= 0.6 is 0 Å². The standard InChI is InChI=1S/C72H55BN2O/c1-3-9-40(10-4-1)42-15-18-53(19-16-42)75-63-32-66-57(56-22-43-13-7-8-14-44(43)25-65(56)76-66)31-55(63)58-23-45(41-11-5-2-6-12-41)24-64-67(58)73(75)61-30-48(69-35-51-26-49-27-52(36-69)72(49,51)39-69)29-59-54-28-47(17-20-62(54)74(64)68(59)61)70-34-50-21-46-33-71(50,38-70)60(46)37-70/h1-20,22-25,28-32,46,49-52,60H,21,26-27,33-39H2. The van der Waals surface area contributed by atoms with Crippen LogP contribution in [0.5, 0.6) is 0 Å². The van der Waals surface area contributed by atoms with Gasteiger partial charge in [-0.1, -0.05) is 109 Å². The topological polar surface area (TPSA) is 21.3 Å². The summed E-state index contributed by atoms with van der Waals surface area (Å²) in [5, 5.41) is 7.76. The van der Waals surface area contributed by atoms with Crippen molar-refractivity contribution < 1.29 is 4.42 Å². The molecule has 9 fully saturated rings. The molecular weight excluding hydrogens is 920 g/mol. The normalized spacial score (nSPS) is 31.6. The maximum atomic E-state index is 7.06. The average molecular weight is 975 g/mol. The average Bonchev–Trinajstić information content (AvgIpc) is 4.47. The number of hydrogen-bond donors (Lipinski definition) is 0. The molecule has 0 N–H and O–H groups in total. The summed E-state index contributed by atoms with van der Waals surface area (Å²) in [6.45, 7) is -0.0721. The van der Waals surface area contributed by atoms with Crippen molar-refractivity contribution in [2.24, 2.45) is 46.3 Å². The molecule has 2 aromatic heterocycles. The third-order valence-corrected chi connectivity index (χ3v) is 24.3. The van der Waals surface area contributed by atoms with Crippen LogP contribution in [0.1, 0.15) is 75.3 Å². The monoisotopic (exact) mass is 974 g/mol. The number of nitrogens with zero attached hydrogens (tertiary/aromatic N) is 2. The molecule has 0 saturated heterocycles. The highest BCUT2D eigenvalue weighted by Crippen LogP contribution is 2.85. The number of fused-ring (bicyclic) bond motifs is 13. The fourth-order valence-corrected chi connectivity index (χ4v) is 21.5. The molecule has 7 unspecified atom stereocenters. The summed E-state index contributed by atoms with van der Waals surface area (Å²) in [5.74, 6) is 5.73. The van der Waals surface area contributed by atoms with Crippen molar-refractivity contribution in [1.82, 2.24) is 4.57 Å². The van der Waals surface area contributed by atoms with E-state index in [2.05, 4.69) is 185 Å². The molecule has 76 heavy (non-hydrogen) atoms. The summed E-state index contributed by atoms with van der Waals surface area (Å²) >= 11 is 0. The Hall–Kier alpha value is -7.30. The summed E-state index contributed by atoms with van der Waals surface area (Å²) < 4.78 is 9.84. The Labute approximate surface area is 442 Å². The first kappa shape index (κ1) is 40.0. The summed E-state index contributed by atoms with van der Waals surface area (Å²) in [7, 11) is 0. The SMILES string of the molecule is c1ccc(-c2ccc(N3B4c5c(cc(-c6ccccc6)cc5-n5c6ccc(C78CC9CC%10CC9(C7)C%10C8)cc6c6cc(C78CC9CC%10CC(C7)C%109C8)cc4c65)-c4cc5c(cc43)oc3cc4ccccc4cc35)cc2)cc1. The molecule has 22 rings (SSSR count). The smallest absolute Gasteiger partial charge is 0.333 e. The van der Waals surface area contributed by atoms with Crippen LogP contribution in [0.25, 0.3) is 93.6 Å². The van der Waals surface area contributed by atoms with Gasteiger partial charge in [-0.05, 0) is 243 Å². The second kappa shape index (κ2) is 12.9. The van der Waals surface area contributed by atoms with Crippen LogP contribution in [-0.4, -0.2) is 11.4 Å². The highest BCUT2D eigenvalue weighted by molar-refractivity contribution is 6.93. The van der Waals surface area contributed by atoms with Gasteiger partial charge in [-0.2, -0.15) is 0 Å². The van der Waals surface area contributed by atoms with Crippen LogP contribution in [0.15, 0.2) is 180 Å². The molecule has 4 heteroatoms. The van der Waals surface area contributed by atoms with Crippen molar-refractivity contribution in [3.63, 3.8) is 0 Å². The van der Waals surface area contributed by atoms with E-state index in [4.69, 9.17) is 4.42 Å². The summed E-state index contributed by atoms with van der Waals surface area (Å²) in [4.78, 5) is 2.76. The van der Waals surface area contributed by atoms with E-state index in [1.54, 1.807) is 11.1 Å². The first-order valence-corrected chi connectivity index (χ1v) is 29.1. The molecule has 362 valence electrons. The van der Waals surface area contributed by atoms with Gasteiger partial charge in [0.2, 0.25) is 0 Å². The van der Waals surface area contributed by atoms with E-state index in [0.717, 1.165) is 46.7 Å². The van der Waals surface area contributed by atoms with E-state index in [9.17, 15) is 0 Å². The molecule has 11 aromatic rings.